The number of sulfone groups is 1. The molecule has 10 nitrogen and oxygen atoms in total. The summed E-state index contributed by atoms with van der Waals surface area (Å²) in [5.74, 6) is -5.95. The molecule has 0 atom stereocenters. The third kappa shape index (κ3) is 5.45. The molecule has 3 aromatic rings. The van der Waals surface area contributed by atoms with E-state index < -0.39 is 39.9 Å². The molecule has 0 aromatic carbocycles. The molecule has 17 heteroatoms. The fourth-order valence-electron chi connectivity index (χ4n) is 4.15. The second-order valence-corrected chi connectivity index (χ2v) is 11.1. The maximum absolute atomic E-state index is 14.0. The fraction of sp³-hybridized carbons (Fsp3) is 0.333. The van der Waals surface area contributed by atoms with Crippen LogP contribution in [0.3, 0.4) is 0 Å². The summed E-state index contributed by atoms with van der Waals surface area (Å²) in [6.07, 6.45) is -0.0448. The lowest BCUT2D eigenvalue weighted by atomic mass is 10.0. The second-order valence-electron chi connectivity index (χ2n) is 8.90. The average Bonchev–Trinajstić information content (AvgIpc) is 3.42. The Labute approximate surface area is 230 Å². The molecule has 0 amide bonds. The van der Waals surface area contributed by atoms with Gasteiger partial charge in [-0.15, -0.1) is 0 Å². The number of allylic oxidation sites excluding steroid dienone is 1. The highest BCUT2D eigenvalue weighted by Gasteiger charge is 2.60. The number of hydrogen-bond donors (Lipinski definition) is 2. The molecule has 0 fully saturated rings. The highest BCUT2D eigenvalue weighted by molar-refractivity contribution is 7.91. The Morgan fingerprint density at radius 1 is 1.17 bits per heavy atom. The smallest absolute Gasteiger partial charge is 0.366 e. The van der Waals surface area contributed by atoms with Crippen LogP contribution in [-0.2, 0) is 23.9 Å². The van der Waals surface area contributed by atoms with E-state index in [0.717, 1.165) is 6.20 Å². The maximum atomic E-state index is 14.0. The van der Waals surface area contributed by atoms with E-state index in [1.165, 1.54) is 61.9 Å². The lowest BCUT2D eigenvalue weighted by Crippen LogP contribution is -2.41. The molecule has 0 bridgehead atoms. The van der Waals surface area contributed by atoms with Crippen LogP contribution in [0.5, 0.6) is 0 Å². The summed E-state index contributed by atoms with van der Waals surface area (Å²) in [5.41, 5.74) is -1.10. The molecular formula is C24H24F6N8O2S. The molecule has 0 aliphatic carbocycles. The van der Waals surface area contributed by atoms with Gasteiger partial charge < -0.3 is 19.8 Å². The highest BCUT2D eigenvalue weighted by atomic mass is 32.2. The van der Waals surface area contributed by atoms with Crippen molar-refractivity contribution in [3.05, 3.63) is 47.6 Å². The van der Waals surface area contributed by atoms with E-state index in [1.807, 2.05) is 0 Å². The zero-order valence-electron chi connectivity index (χ0n) is 22.1. The topological polar surface area (TPSA) is 119 Å². The van der Waals surface area contributed by atoms with Crippen molar-refractivity contribution in [2.75, 3.05) is 30.0 Å². The molecule has 220 valence electrons. The predicted molar refractivity (Wildman–Crippen MR) is 141 cm³/mol. The summed E-state index contributed by atoms with van der Waals surface area (Å²) in [5, 5.41) is 5.09. The van der Waals surface area contributed by atoms with Crippen LogP contribution in [0.2, 0.25) is 0 Å². The molecule has 0 saturated heterocycles. The minimum absolute atomic E-state index is 0.0863. The number of hydrogen-bond acceptors (Lipinski definition) is 8. The minimum Gasteiger partial charge on any atom is -0.366 e. The van der Waals surface area contributed by atoms with Crippen LogP contribution in [-0.4, -0.2) is 70.2 Å². The molecule has 0 saturated carbocycles. The summed E-state index contributed by atoms with van der Waals surface area (Å²) in [6, 6.07) is 1.18. The predicted octanol–water partition coefficient (Wildman–Crippen LogP) is 4.31. The van der Waals surface area contributed by atoms with Crippen LogP contribution in [0.4, 0.5) is 37.8 Å². The van der Waals surface area contributed by atoms with Crippen LogP contribution in [0, 0.1) is 5.82 Å². The summed E-state index contributed by atoms with van der Waals surface area (Å²) >= 11 is 0. The number of alkyl halides is 5. The van der Waals surface area contributed by atoms with Gasteiger partial charge in [0.1, 0.15) is 28.8 Å². The number of aromatic nitrogens is 5. The quantitative estimate of drug-likeness (QED) is 0.291. The lowest BCUT2D eigenvalue weighted by Gasteiger charge is -2.25. The van der Waals surface area contributed by atoms with Crippen molar-refractivity contribution in [3.63, 3.8) is 0 Å². The Balaban J connectivity index is 1.89. The van der Waals surface area contributed by atoms with Crippen LogP contribution in [0.1, 0.15) is 18.4 Å². The first-order chi connectivity index (χ1) is 19.1. The van der Waals surface area contributed by atoms with Crippen LogP contribution in [0.15, 0.2) is 40.3 Å². The standard InChI is InChI=1S/C24H24F6N8O2S/c1-5-41(39,40)22-18(21-35-17-6-14(10-34-20(17)37(21)3)23(26,27)24(28,29)30)36-19(38(22)4)13(8-31-2)9-33-16-7-15(25)11-32-12-16/h6-9,11-12,33-34H,5,10H2,1-4H3/b13-9+,31-8?. The number of fused-ring (bicyclic) bond motifs is 1. The van der Waals surface area contributed by atoms with Crippen molar-refractivity contribution in [1.29, 1.82) is 0 Å². The van der Waals surface area contributed by atoms with E-state index in [4.69, 9.17) is 0 Å². The number of pyridine rings is 1. The van der Waals surface area contributed by atoms with Crippen molar-refractivity contribution in [2.24, 2.45) is 19.1 Å². The van der Waals surface area contributed by atoms with Crippen molar-refractivity contribution < 1.29 is 34.8 Å². The molecule has 0 spiro atoms. The molecule has 3 aromatic heterocycles. The molecule has 4 heterocycles. The van der Waals surface area contributed by atoms with Gasteiger partial charge in [0, 0.05) is 51.7 Å². The summed E-state index contributed by atoms with van der Waals surface area (Å²) in [6.45, 7) is 0.598. The normalized spacial score (nSPS) is 14.7. The first-order valence-corrected chi connectivity index (χ1v) is 13.5. The van der Waals surface area contributed by atoms with E-state index in [0.29, 0.717) is 6.08 Å². The molecule has 4 rings (SSSR count). The Morgan fingerprint density at radius 2 is 1.88 bits per heavy atom. The fourth-order valence-corrected chi connectivity index (χ4v) is 5.36. The first kappa shape index (κ1) is 29.8. The van der Waals surface area contributed by atoms with Crippen LogP contribution < -0.4 is 10.6 Å². The lowest BCUT2D eigenvalue weighted by molar-refractivity contribution is -0.263. The molecule has 2 N–H and O–H groups in total. The molecule has 41 heavy (non-hydrogen) atoms. The molecular weight excluding hydrogens is 578 g/mol. The number of nitrogens with zero attached hydrogens (tertiary/aromatic N) is 6. The van der Waals surface area contributed by atoms with E-state index in [2.05, 4.69) is 30.6 Å². The van der Waals surface area contributed by atoms with Crippen molar-refractivity contribution in [3.8, 4) is 11.5 Å². The van der Waals surface area contributed by atoms with Crippen molar-refractivity contribution in [2.45, 2.75) is 24.0 Å². The first-order valence-electron chi connectivity index (χ1n) is 11.9. The van der Waals surface area contributed by atoms with Crippen LogP contribution >= 0.6 is 0 Å². The Bertz CT molecular complexity index is 1690. The second kappa shape index (κ2) is 10.7. The SMILES string of the molecule is CCS(=O)(=O)c1c(-c2nc3c(n2C)NCC(C(F)(F)C(F)(F)F)=C3)nc(/C(C=NC)=C/Nc2cncc(F)c2)n1C. The largest absolute Gasteiger partial charge is 0.457 e. The van der Waals surface area contributed by atoms with Gasteiger partial charge >= 0.3 is 12.1 Å². The molecule has 0 unspecified atom stereocenters. The van der Waals surface area contributed by atoms with E-state index >= 15 is 0 Å². The van der Waals surface area contributed by atoms with Gasteiger partial charge in [-0.25, -0.2) is 22.8 Å². The van der Waals surface area contributed by atoms with E-state index in [1.54, 1.807) is 0 Å². The van der Waals surface area contributed by atoms with Crippen LogP contribution in [0.25, 0.3) is 23.2 Å². The van der Waals surface area contributed by atoms with Crippen molar-refractivity contribution in [1.82, 2.24) is 24.1 Å². The maximum Gasteiger partial charge on any atom is 0.457 e. The third-order valence-electron chi connectivity index (χ3n) is 6.19. The number of imidazole rings is 2. The van der Waals surface area contributed by atoms with Gasteiger partial charge in [-0.1, -0.05) is 6.92 Å². The monoisotopic (exact) mass is 602 g/mol. The third-order valence-corrected chi connectivity index (χ3v) is 8.01. The van der Waals surface area contributed by atoms with Gasteiger partial charge in [0.05, 0.1) is 29.4 Å². The van der Waals surface area contributed by atoms with E-state index in [9.17, 15) is 34.8 Å². The number of nitrogens with one attached hydrogen (secondary N) is 2. The Morgan fingerprint density at radius 3 is 2.49 bits per heavy atom. The molecule has 1 aliphatic rings. The minimum atomic E-state index is -5.81. The molecule has 0 radical (unpaired) electrons. The van der Waals surface area contributed by atoms with Gasteiger partial charge in [0.2, 0.25) is 0 Å². The number of halogens is 6. The Kier molecular flexibility index (Phi) is 7.77. The van der Waals surface area contributed by atoms with Gasteiger partial charge in [-0.05, 0) is 6.08 Å². The number of aliphatic imine (C=N–C) groups is 1. The zero-order chi connectivity index (χ0) is 30.3. The van der Waals surface area contributed by atoms with Gasteiger partial charge in [-0.2, -0.15) is 22.0 Å². The van der Waals surface area contributed by atoms with E-state index in [-0.39, 0.29) is 50.9 Å². The van der Waals surface area contributed by atoms with Gasteiger partial charge in [0.15, 0.2) is 20.7 Å². The van der Waals surface area contributed by atoms with Gasteiger partial charge in [0.25, 0.3) is 0 Å². The summed E-state index contributed by atoms with van der Waals surface area (Å²) in [7, 11) is 0.342. The number of rotatable bonds is 8. The average molecular weight is 603 g/mol. The Hall–Kier alpha value is -4.15. The summed E-state index contributed by atoms with van der Waals surface area (Å²) < 4.78 is 110. The zero-order valence-corrected chi connectivity index (χ0v) is 22.9. The number of anilines is 2. The highest BCUT2D eigenvalue weighted by Crippen LogP contribution is 2.44. The molecule has 1 aliphatic heterocycles. The van der Waals surface area contributed by atoms with Gasteiger partial charge in [-0.3, -0.25) is 9.98 Å². The summed E-state index contributed by atoms with van der Waals surface area (Å²) in [4.78, 5) is 16.4. The van der Waals surface area contributed by atoms with Crippen molar-refractivity contribution >= 4 is 39.2 Å².